The molecule has 0 saturated heterocycles. The van der Waals surface area contributed by atoms with Gasteiger partial charge in [-0.25, -0.2) is 4.39 Å². The molecule has 5 nitrogen and oxygen atoms in total. The molecular weight excluding hydrogens is 273 g/mol. The Balaban J connectivity index is 1.78. The number of rotatable bonds is 4. The summed E-state index contributed by atoms with van der Waals surface area (Å²) < 4.78 is 13.4. The van der Waals surface area contributed by atoms with Crippen molar-refractivity contribution in [3.05, 3.63) is 65.7 Å². The first-order chi connectivity index (χ1) is 10.2. The van der Waals surface area contributed by atoms with E-state index in [0.717, 1.165) is 0 Å². The van der Waals surface area contributed by atoms with Crippen LogP contribution in [0.1, 0.15) is 22.3 Å². The summed E-state index contributed by atoms with van der Waals surface area (Å²) >= 11 is 0. The highest BCUT2D eigenvalue weighted by molar-refractivity contribution is 5.95. The molecule has 1 aromatic heterocycles. The van der Waals surface area contributed by atoms with Crippen molar-refractivity contribution in [2.45, 2.75) is 12.8 Å². The summed E-state index contributed by atoms with van der Waals surface area (Å²) in [5, 5.41) is 0. The molecule has 21 heavy (non-hydrogen) atoms. The maximum Gasteiger partial charge on any atom is 0.271 e. The van der Waals surface area contributed by atoms with Gasteiger partial charge in [0.15, 0.2) is 0 Å². The number of pyridine rings is 1. The van der Waals surface area contributed by atoms with Crippen LogP contribution in [0, 0.1) is 5.82 Å². The van der Waals surface area contributed by atoms with E-state index in [1.165, 1.54) is 12.3 Å². The van der Waals surface area contributed by atoms with Crippen LogP contribution in [0.5, 0.6) is 0 Å². The second-order valence-electron chi connectivity index (χ2n) is 4.34. The predicted molar refractivity (Wildman–Crippen MR) is 74.6 cm³/mol. The van der Waals surface area contributed by atoms with E-state index < -0.39 is 11.8 Å². The fourth-order valence-electron chi connectivity index (χ4n) is 1.71. The molecule has 0 aliphatic carbocycles. The highest BCUT2D eigenvalue weighted by Gasteiger charge is 2.08. The lowest BCUT2D eigenvalue weighted by Crippen LogP contribution is -2.41. The highest BCUT2D eigenvalue weighted by Crippen LogP contribution is 2.08. The van der Waals surface area contributed by atoms with Gasteiger partial charge in [-0.2, -0.15) is 0 Å². The number of nitrogens with one attached hydrogen (secondary N) is 2. The second kappa shape index (κ2) is 7.14. The number of amides is 2. The summed E-state index contributed by atoms with van der Waals surface area (Å²) in [6.45, 7) is 0. The van der Waals surface area contributed by atoms with Crippen molar-refractivity contribution in [2.75, 3.05) is 0 Å². The summed E-state index contributed by atoms with van der Waals surface area (Å²) in [5.41, 5.74) is 5.36. The Labute approximate surface area is 121 Å². The lowest BCUT2D eigenvalue weighted by molar-refractivity contribution is -0.121. The number of hydrogen-bond acceptors (Lipinski definition) is 3. The zero-order valence-electron chi connectivity index (χ0n) is 11.2. The van der Waals surface area contributed by atoms with Crippen LogP contribution in [0.3, 0.4) is 0 Å². The van der Waals surface area contributed by atoms with Gasteiger partial charge in [0.1, 0.15) is 5.82 Å². The molecule has 0 bridgehead atoms. The Morgan fingerprint density at radius 3 is 2.62 bits per heavy atom. The monoisotopic (exact) mass is 287 g/mol. The minimum Gasteiger partial charge on any atom is -0.273 e. The average molecular weight is 287 g/mol. The normalized spacial score (nSPS) is 9.95. The molecule has 108 valence electrons. The van der Waals surface area contributed by atoms with Gasteiger partial charge in [-0.3, -0.25) is 25.4 Å². The molecule has 2 amide bonds. The summed E-state index contributed by atoms with van der Waals surface area (Å²) in [5.74, 6) is -1.19. The third-order valence-electron chi connectivity index (χ3n) is 2.82. The summed E-state index contributed by atoms with van der Waals surface area (Å²) in [4.78, 5) is 27.1. The molecule has 6 heteroatoms. The third-order valence-corrected chi connectivity index (χ3v) is 2.82. The smallest absolute Gasteiger partial charge is 0.271 e. The van der Waals surface area contributed by atoms with Crippen molar-refractivity contribution in [3.8, 4) is 0 Å². The number of hydrogen-bond donors (Lipinski definition) is 2. The van der Waals surface area contributed by atoms with Crippen LogP contribution in [0.4, 0.5) is 4.39 Å². The standard InChI is InChI=1S/C15H14FN3O2/c16-13-6-2-1-4-11(13)7-8-14(20)18-19-15(21)12-5-3-9-17-10-12/h1-6,9-10H,7-8H2,(H,18,20)(H,19,21). The van der Waals surface area contributed by atoms with E-state index in [0.29, 0.717) is 11.1 Å². The van der Waals surface area contributed by atoms with Crippen molar-refractivity contribution >= 4 is 11.8 Å². The molecule has 0 saturated carbocycles. The van der Waals surface area contributed by atoms with E-state index in [2.05, 4.69) is 15.8 Å². The van der Waals surface area contributed by atoms with Gasteiger partial charge in [0, 0.05) is 18.8 Å². The van der Waals surface area contributed by atoms with Gasteiger partial charge in [0.25, 0.3) is 5.91 Å². The molecule has 2 N–H and O–H groups in total. The summed E-state index contributed by atoms with van der Waals surface area (Å²) in [7, 11) is 0. The fraction of sp³-hybridized carbons (Fsp3) is 0.133. The van der Waals surface area contributed by atoms with E-state index in [-0.39, 0.29) is 18.7 Å². The van der Waals surface area contributed by atoms with Gasteiger partial charge in [-0.15, -0.1) is 0 Å². The van der Waals surface area contributed by atoms with Crippen LogP contribution in [0.25, 0.3) is 0 Å². The van der Waals surface area contributed by atoms with Gasteiger partial charge in [0.2, 0.25) is 5.91 Å². The van der Waals surface area contributed by atoms with Crippen molar-refractivity contribution in [2.24, 2.45) is 0 Å². The van der Waals surface area contributed by atoms with Crippen LogP contribution in [-0.4, -0.2) is 16.8 Å². The van der Waals surface area contributed by atoms with Gasteiger partial charge < -0.3 is 0 Å². The van der Waals surface area contributed by atoms with Gasteiger partial charge in [0.05, 0.1) is 5.56 Å². The average Bonchev–Trinajstić information content (AvgIpc) is 2.52. The quantitative estimate of drug-likeness (QED) is 0.839. The molecule has 1 aromatic carbocycles. The minimum atomic E-state index is -0.456. The number of halogens is 1. The van der Waals surface area contributed by atoms with E-state index in [9.17, 15) is 14.0 Å². The van der Waals surface area contributed by atoms with Crippen LogP contribution >= 0.6 is 0 Å². The zero-order chi connectivity index (χ0) is 15.1. The number of hydrazine groups is 1. The van der Waals surface area contributed by atoms with Gasteiger partial charge in [-0.1, -0.05) is 18.2 Å². The Morgan fingerprint density at radius 1 is 1.10 bits per heavy atom. The van der Waals surface area contributed by atoms with E-state index in [1.54, 1.807) is 36.5 Å². The Bertz CT molecular complexity index is 632. The molecule has 0 aliphatic heterocycles. The van der Waals surface area contributed by atoms with E-state index in [1.807, 2.05) is 0 Å². The molecule has 0 atom stereocenters. The predicted octanol–water partition coefficient (Wildman–Crippen LogP) is 1.61. The first-order valence-electron chi connectivity index (χ1n) is 6.39. The lowest BCUT2D eigenvalue weighted by Gasteiger charge is -2.07. The summed E-state index contributed by atoms with van der Waals surface area (Å²) in [6.07, 6.45) is 3.28. The molecule has 2 aromatic rings. The molecule has 0 unspecified atom stereocenters. The molecule has 0 radical (unpaired) electrons. The van der Waals surface area contributed by atoms with Gasteiger partial charge in [-0.05, 0) is 30.2 Å². The van der Waals surface area contributed by atoms with Crippen LogP contribution in [0.2, 0.25) is 0 Å². The van der Waals surface area contributed by atoms with Crippen LogP contribution < -0.4 is 10.9 Å². The molecule has 2 rings (SSSR count). The third kappa shape index (κ3) is 4.38. The maximum atomic E-state index is 13.4. The summed E-state index contributed by atoms with van der Waals surface area (Å²) in [6, 6.07) is 9.46. The second-order valence-corrected chi connectivity index (χ2v) is 4.34. The maximum absolute atomic E-state index is 13.4. The lowest BCUT2D eigenvalue weighted by atomic mass is 10.1. The van der Waals surface area contributed by atoms with Crippen LogP contribution in [0.15, 0.2) is 48.8 Å². The SMILES string of the molecule is O=C(CCc1ccccc1F)NNC(=O)c1cccnc1. The molecule has 1 heterocycles. The zero-order valence-corrected chi connectivity index (χ0v) is 11.2. The number of nitrogens with zero attached hydrogens (tertiary/aromatic N) is 1. The molecular formula is C15H14FN3O2. The number of carbonyl (C=O) groups excluding carboxylic acids is 2. The molecule has 0 aliphatic rings. The van der Waals surface area contributed by atoms with Crippen molar-refractivity contribution in [1.29, 1.82) is 0 Å². The van der Waals surface area contributed by atoms with Crippen molar-refractivity contribution in [1.82, 2.24) is 15.8 Å². The van der Waals surface area contributed by atoms with Crippen molar-refractivity contribution < 1.29 is 14.0 Å². The Kier molecular flexibility index (Phi) is 4.98. The first-order valence-corrected chi connectivity index (χ1v) is 6.39. The number of benzene rings is 1. The fourth-order valence-corrected chi connectivity index (χ4v) is 1.71. The van der Waals surface area contributed by atoms with Gasteiger partial charge >= 0.3 is 0 Å². The largest absolute Gasteiger partial charge is 0.273 e. The number of aryl methyl sites for hydroxylation is 1. The number of carbonyl (C=O) groups is 2. The van der Waals surface area contributed by atoms with Crippen LogP contribution in [-0.2, 0) is 11.2 Å². The Hall–Kier alpha value is -2.76. The minimum absolute atomic E-state index is 0.0776. The van der Waals surface area contributed by atoms with E-state index >= 15 is 0 Å². The van der Waals surface area contributed by atoms with Crippen molar-refractivity contribution in [3.63, 3.8) is 0 Å². The first kappa shape index (κ1) is 14.6. The number of aromatic nitrogens is 1. The van der Waals surface area contributed by atoms with E-state index in [4.69, 9.17) is 0 Å². The topological polar surface area (TPSA) is 71.1 Å². The highest BCUT2D eigenvalue weighted by atomic mass is 19.1. The molecule has 0 spiro atoms. The molecule has 0 fully saturated rings. The Morgan fingerprint density at radius 2 is 1.90 bits per heavy atom.